The number of rotatable bonds is 5. The second-order valence-electron chi connectivity index (χ2n) is 4.27. The molecule has 0 aliphatic rings. The van der Waals surface area contributed by atoms with Crippen LogP contribution in [-0.2, 0) is 6.42 Å². The summed E-state index contributed by atoms with van der Waals surface area (Å²) in [6, 6.07) is 10.6. The molecular weight excluding hydrogens is 262 g/mol. The summed E-state index contributed by atoms with van der Waals surface area (Å²) in [5.74, 6) is -1.91. The van der Waals surface area contributed by atoms with E-state index in [1.165, 1.54) is 6.07 Å². The summed E-state index contributed by atoms with van der Waals surface area (Å²) in [5.41, 5.74) is 0.385. The van der Waals surface area contributed by atoms with Gasteiger partial charge in [-0.2, -0.15) is 0 Å². The Labute approximate surface area is 116 Å². The van der Waals surface area contributed by atoms with Crippen LogP contribution in [0.3, 0.4) is 0 Å². The third-order valence-corrected chi connectivity index (χ3v) is 2.95. The van der Waals surface area contributed by atoms with Gasteiger partial charge in [-0.1, -0.05) is 31.2 Å². The Bertz CT molecular complexity index is 603. The molecule has 0 spiro atoms. The van der Waals surface area contributed by atoms with Crippen molar-refractivity contribution < 1.29 is 18.3 Å². The molecule has 0 amide bonds. The van der Waals surface area contributed by atoms with Crippen molar-refractivity contribution in [2.45, 2.75) is 13.3 Å². The highest BCUT2D eigenvalue weighted by atomic mass is 19.1. The van der Waals surface area contributed by atoms with Crippen LogP contribution in [-0.4, -0.2) is 12.4 Å². The minimum absolute atomic E-state index is 0.394. The average Bonchev–Trinajstić information content (AvgIpc) is 2.45. The van der Waals surface area contributed by atoms with Crippen molar-refractivity contribution in [2.24, 2.45) is 0 Å². The number of halogens is 2. The van der Waals surface area contributed by atoms with E-state index in [-0.39, 0.29) is 0 Å². The molecule has 4 heteroatoms. The second kappa shape index (κ2) is 6.28. The second-order valence-corrected chi connectivity index (χ2v) is 4.27. The molecule has 2 nitrogen and oxygen atoms in total. The van der Waals surface area contributed by atoms with E-state index < -0.39 is 29.6 Å². The third kappa shape index (κ3) is 3.02. The van der Waals surface area contributed by atoms with E-state index in [2.05, 4.69) is 0 Å². The highest BCUT2D eigenvalue weighted by Gasteiger charge is 2.17. The van der Waals surface area contributed by atoms with Gasteiger partial charge in [-0.3, -0.25) is 4.79 Å². The first-order valence-electron chi connectivity index (χ1n) is 6.31. The lowest BCUT2D eigenvalue weighted by Crippen LogP contribution is -2.15. The number of para-hydroxylation sites is 1. The van der Waals surface area contributed by atoms with Crippen LogP contribution in [0.15, 0.2) is 42.5 Å². The summed E-state index contributed by atoms with van der Waals surface area (Å²) in [7, 11) is 0. The molecule has 0 aliphatic carbocycles. The van der Waals surface area contributed by atoms with Gasteiger partial charge >= 0.3 is 0 Å². The molecule has 0 atom stereocenters. The van der Waals surface area contributed by atoms with Crippen molar-refractivity contribution in [1.29, 1.82) is 0 Å². The van der Waals surface area contributed by atoms with E-state index in [9.17, 15) is 13.6 Å². The fourth-order valence-corrected chi connectivity index (χ4v) is 1.92. The van der Waals surface area contributed by atoms with Crippen molar-refractivity contribution in [3.05, 3.63) is 65.2 Å². The van der Waals surface area contributed by atoms with Gasteiger partial charge in [-0.05, 0) is 30.2 Å². The van der Waals surface area contributed by atoms with Crippen LogP contribution < -0.4 is 4.74 Å². The summed E-state index contributed by atoms with van der Waals surface area (Å²) >= 11 is 0. The van der Waals surface area contributed by atoms with Crippen LogP contribution in [0, 0.1) is 11.6 Å². The minimum Gasteiger partial charge on any atom is -0.485 e. The van der Waals surface area contributed by atoms with Crippen molar-refractivity contribution in [3.63, 3.8) is 0 Å². The zero-order chi connectivity index (χ0) is 14.5. The predicted molar refractivity (Wildman–Crippen MR) is 72.0 cm³/mol. The lowest BCUT2D eigenvalue weighted by molar-refractivity contribution is 0.0912. The lowest BCUT2D eigenvalue weighted by Gasteiger charge is -2.10. The van der Waals surface area contributed by atoms with Crippen LogP contribution in [0.4, 0.5) is 8.78 Å². The number of Topliss-reactive ketones (excluding diaryl/α,β-unsaturated/α-hetero) is 1. The molecule has 0 unspecified atom stereocenters. The Balaban J connectivity index is 2.13. The summed E-state index contributed by atoms with van der Waals surface area (Å²) in [6.45, 7) is 1.56. The largest absolute Gasteiger partial charge is 0.485 e. The zero-order valence-electron chi connectivity index (χ0n) is 11.0. The standard InChI is InChI=1S/C16H14F2O2/c1-2-11-6-3-4-9-15(11)20-10-14(19)16-12(17)7-5-8-13(16)18/h3-9H,2,10H2,1H3. The number of hydrogen-bond acceptors (Lipinski definition) is 2. The first-order chi connectivity index (χ1) is 9.63. The molecule has 104 valence electrons. The number of carbonyl (C=O) groups is 1. The number of ether oxygens (including phenoxy) is 1. The first-order valence-corrected chi connectivity index (χ1v) is 6.31. The van der Waals surface area contributed by atoms with Gasteiger partial charge in [0.2, 0.25) is 5.78 Å². The monoisotopic (exact) mass is 276 g/mol. The third-order valence-electron chi connectivity index (χ3n) is 2.95. The molecule has 0 bridgehead atoms. The molecule has 2 aromatic rings. The van der Waals surface area contributed by atoms with E-state index in [1.807, 2.05) is 19.1 Å². The van der Waals surface area contributed by atoms with Gasteiger partial charge in [0.05, 0.1) is 5.56 Å². The summed E-state index contributed by atoms with van der Waals surface area (Å²) < 4.78 is 32.3. The van der Waals surface area contributed by atoms with Gasteiger partial charge in [0, 0.05) is 0 Å². The molecule has 0 aliphatic heterocycles. The number of ketones is 1. The molecule has 20 heavy (non-hydrogen) atoms. The Kier molecular flexibility index (Phi) is 4.45. The minimum atomic E-state index is -0.873. The Morgan fingerprint density at radius 1 is 1.05 bits per heavy atom. The van der Waals surface area contributed by atoms with Crippen LogP contribution in [0.5, 0.6) is 5.75 Å². The quantitative estimate of drug-likeness (QED) is 0.777. The average molecular weight is 276 g/mol. The van der Waals surface area contributed by atoms with E-state index >= 15 is 0 Å². The number of aryl methyl sites for hydroxylation is 1. The molecule has 0 heterocycles. The number of carbonyl (C=O) groups excluding carboxylic acids is 1. The van der Waals surface area contributed by atoms with E-state index in [1.54, 1.807) is 12.1 Å². The van der Waals surface area contributed by atoms with Gasteiger partial charge < -0.3 is 4.74 Å². The maximum absolute atomic E-state index is 13.5. The van der Waals surface area contributed by atoms with E-state index in [4.69, 9.17) is 4.74 Å². The highest BCUT2D eigenvalue weighted by Crippen LogP contribution is 2.19. The molecule has 0 saturated carbocycles. The van der Waals surface area contributed by atoms with Gasteiger partial charge in [0.1, 0.15) is 17.4 Å². The number of hydrogen-bond donors (Lipinski definition) is 0. The molecule has 0 saturated heterocycles. The van der Waals surface area contributed by atoms with Crippen LogP contribution in [0.2, 0.25) is 0 Å². The Morgan fingerprint density at radius 2 is 1.70 bits per heavy atom. The van der Waals surface area contributed by atoms with Gasteiger partial charge in [-0.15, -0.1) is 0 Å². The summed E-state index contributed by atoms with van der Waals surface area (Å²) in [5, 5.41) is 0. The van der Waals surface area contributed by atoms with E-state index in [0.29, 0.717) is 5.75 Å². The topological polar surface area (TPSA) is 26.3 Å². The maximum atomic E-state index is 13.5. The molecule has 2 aromatic carbocycles. The highest BCUT2D eigenvalue weighted by molar-refractivity contribution is 5.97. The smallest absolute Gasteiger partial charge is 0.206 e. The molecule has 0 N–H and O–H groups in total. The normalized spacial score (nSPS) is 10.3. The first kappa shape index (κ1) is 14.2. The van der Waals surface area contributed by atoms with E-state index in [0.717, 1.165) is 24.1 Å². The van der Waals surface area contributed by atoms with Gasteiger partial charge in [0.15, 0.2) is 6.61 Å². The van der Waals surface area contributed by atoms with Gasteiger partial charge in [0.25, 0.3) is 0 Å². The SMILES string of the molecule is CCc1ccccc1OCC(=O)c1c(F)cccc1F. The number of benzene rings is 2. The maximum Gasteiger partial charge on any atom is 0.206 e. The lowest BCUT2D eigenvalue weighted by atomic mass is 10.1. The zero-order valence-corrected chi connectivity index (χ0v) is 11.0. The van der Waals surface area contributed by atoms with Crippen molar-refractivity contribution in [3.8, 4) is 5.75 Å². The molecule has 0 aromatic heterocycles. The van der Waals surface area contributed by atoms with Crippen molar-refractivity contribution in [2.75, 3.05) is 6.61 Å². The van der Waals surface area contributed by atoms with Crippen LogP contribution in [0.1, 0.15) is 22.8 Å². The fourth-order valence-electron chi connectivity index (χ4n) is 1.92. The van der Waals surface area contributed by atoms with Crippen molar-refractivity contribution in [1.82, 2.24) is 0 Å². The predicted octanol–water partition coefficient (Wildman–Crippen LogP) is 3.79. The molecule has 0 fully saturated rings. The molecule has 2 rings (SSSR count). The Hall–Kier alpha value is -2.23. The van der Waals surface area contributed by atoms with Crippen LogP contribution in [0.25, 0.3) is 0 Å². The Morgan fingerprint density at radius 3 is 2.35 bits per heavy atom. The summed E-state index contributed by atoms with van der Waals surface area (Å²) in [4.78, 5) is 11.9. The molecule has 0 radical (unpaired) electrons. The van der Waals surface area contributed by atoms with Crippen LogP contribution >= 0.6 is 0 Å². The van der Waals surface area contributed by atoms with Crippen molar-refractivity contribution >= 4 is 5.78 Å². The van der Waals surface area contributed by atoms with Gasteiger partial charge in [-0.25, -0.2) is 8.78 Å². The fraction of sp³-hybridized carbons (Fsp3) is 0.188. The summed E-state index contributed by atoms with van der Waals surface area (Å²) in [6.07, 6.45) is 0.748. The molecular formula is C16H14F2O2.